The van der Waals surface area contributed by atoms with Crippen LogP contribution in [0.4, 0.5) is 14.5 Å². The molecule has 1 heterocycles. The highest BCUT2D eigenvalue weighted by Crippen LogP contribution is 2.29. The van der Waals surface area contributed by atoms with Crippen LogP contribution in [-0.2, 0) is 0 Å². The number of para-hydroxylation sites is 1. The van der Waals surface area contributed by atoms with Gasteiger partial charge in [0.15, 0.2) is 0 Å². The summed E-state index contributed by atoms with van der Waals surface area (Å²) in [5, 5.41) is 5.45. The van der Waals surface area contributed by atoms with Crippen molar-refractivity contribution in [3.05, 3.63) is 70.1 Å². The lowest BCUT2D eigenvalue weighted by molar-refractivity contribution is 0.102. The van der Waals surface area contributed by atoms with Crippen molar-refractivity contribution in [3.63, 3.8) is 0 Å². The van der Waals surface area contributed by atoms with E-state index in [1.807, 2.05) is 24.4 Å². The lowest BCUT2D eigenvalue weighted by Crippen LogP contribution is -2.14. The Morgan fingerprint density at radius 3 is 2.65 bits per heavy atom. The normalized spacial score (nSPS) is 10.6. The van der Waals surface area contributed by atoms with Crippen LogP contribution in [0.1, 0.15) is 15.4 Å². The van der Waals surface area contributed by atoms with Gasteiger partial charge in [-0.25, -0.2) is 13.8 Å². The third-order valence-electron chi connectivity index (χ3n) is 3.25. The lowest BCUT2D eigenvalue weighted by atomic mass is 10.1. The monoisotopic (exact) mass is 330 g/mol. The van der Waals surface area contributed by atoms with E-state index in [4.69, 9.17) is 0 Å². The van der Waals surface area contributed by atoms with Gasteiger partial charge in [-0.1, -0.05) is 18.2 Å². The number of benzene rings is 2. The Hall–Kier alpha value is -2.60. The summed E-state index contributed by atoms with van der Waals surface area (Å²) in [5.74, 6) is -2.26. The molecule has 1 aromatic heterocycles. The molecule has 0 bridgehead atoms. The minimum Gasteiger partial charge on any atom is -0.321 e. The highest BCUT2D eigenvalue weighted by atomic mass is 32.1. The first-order chi connectivity index (χ1) is 11.0. The number of anilines is 1. The van der Waals surface area contributed by atoms with E-state index in [0.717, 1.165) is 28.4 Å². The van der Waals surface area contributed by atoms with Gasteiger partial charge in [-0.2, -0.15) is 0 Å². The van der Waals surface area contributed by atoms with Gasteiger partial charge in [0.2, 0.25) is 0 Å². The van der Waals surface area contributed by atoms with Crippen molar-refractivity contribution in [2.45, 2.75) is 6.92 Å². The van der Waals surface area contributed by atoms with E-state index >= 15 is 0 Å². The molecule has 0 unspecified atom stereocenters. The van der Waals surface area contributed by atoms with Crippen LogP contribution in [0.15, 0.2) is 47.8 Å². The molecule has 0 radical (unpaired) electrons. The number of hydrogen-bond donors (Lipinski definition) is 1. The first kappa shape index (κ1) is 15.3. The number of nitrogens with zero attached hydrogens (tertiary/aromatic N) is 1. The summed E-state index contributed by atoms with van der Waals surface area (Å²) >= 11 is 1.50. The van der Waals surface area contributed by atoms with Gasteiger partial charge < -0.3 is 5.32 Å². The molecule has 1 amide bonds. The van der Waals surface area contributed by atoms with Gasteiger partial charge in [-0.05, 0) is 25.1 Å². The number of aromatic nitrogens is 1. The lowest BCUT2D eigenvalue weighted by Gasteiger charge is -2.10. The standard InChI is InChI=1S/C17H12F2N2OS/c1-10-20-16(9-23-10)13-4-2-3-5-15(13)21-17(22)12-7-6-11(18)8-14(12)19/h2-9H,1H3,(H,21,22). The zero-order valence-electron chi connectivity index (χ0n) is 12.1. The number of carbonyl (C=O) groups excluding carboxylic acids is 1. The second-order valence-electron chi connectivity index (χ2n) is 4.88. The molecule has 0 atom stereocenters. The highest BCUT2D eigenvalue weighted by Gasteiger charge is 2.15. The van der Waals surface area contributed by atoms with E-state index in [2.05, 4.69) is 10.3 Å². The molecular weight excluding hydrogens is 318 g/mol. The summed E-state index contributed by atoms with van der Waals surface area (Å²) < 4.78 is 26.7. The number of amides is 1. The Balaban J connectivity index is 1.93. The zero-order valence-corrected chi connectivity index (χ0v) is 13.0. The summed E-state index contributed by atoms with van der Waals surface area (Å²) in [6.45, 7) is 1.89. The molecule has 6 heteroatoms. The molecule has 0 spiro atoms. The van der Waals surface area contributed by atoms with E-state index in [1.54, 1.807) is 12.1 Å². The van der Waals surface area contributed by atoms with Crippen LogP contribution in [0.25, 0.3) is 11.3 Å². The Morgan fingerprint density at radius 2 is 1.96 bits per heavy atom. The van der Waals surface area contributed by atoms with E-state index < -0.39 is 17.5 Å². The molecule has 1 N–H and O–H groups in total. The largest absolute Gasteiger partial charge is 0.321 e. The van der Waals surface area contributed by atoms with Gasteiger partial charge in [-0.15, -0.1) is 11.3 Å². The van der Waals surface area contributed by atoms with Gasteiger partial charge in [0, 0.05) is 17.0 Å². The fraction of sp³-hybridized carbons (Fsp3) is 0.0588. The number of hydrogen-bond acceptors (Lipinski definition) is 3. The predicted molar refractivity (Wildman–Crippen MR) is 86.6 cm³/mol. The molecule has 3 rings (SSSR count). The van der Waals surface area contributed by atoms with Crippen LogP contribution in [0, 0.1) is 18.6 Å². The molecule has 23 heavy (non-hydrogen) atoms. The summed E-state index contributed by atoms with van der Waals surface area (Å²) in [7, 11) is 0. The van der Waals surface area contributed by atoms with Crippen molar-refractivity contribution >= 4 is 22.9 Å². The Kier molecular flexibility index (Phi) is 4.16. The summed E-state index contributed by atoms with van der Waals surface area (Å²) in [6.07, 6.45) is 0. The SMILES string of the molecule is Cc1nc(-c2ccccc2NC(=O)c2ccc(F)cc2F)cs1. The minimum atomic E-state index is -0.899. The van der Waals surface area contributed by atoms with E-state index in [0.29, 0.717) is 11.8 Å². The predicted octanol–water partition coefficient (Wildman–Crippen LogP) is 4.65. The summed E-state index contributed by atoms with van der Waals surface area (Å²) in [6, 6.07) is 9.99. The number of nitrogens with one attached hydrogen (secondary N) is 1. The number of thiazole rings is 1. The van der Waals surface area contributed by atoms with Gasteiger partial charge in [0.25, 0.3) is 5.91 Å². The van der Waals surface area contributed by atoms with Crippen molar-refractivity contribution in [2.75, 3.05) is 5.32 Å². The average Bonchev–Trinajstić information content (AvgIpc) is 2.94. The topological polar surface area (TPSA) is 42.0 Å². The number of aryl methyl sites for hydroxylation is 1. The molecule has 0 saturated heterocycles. The Labute approximate surface area is 135 Å². The second-order valence-corrected chi connectivity index (χ2v) is 5.94. The Morgan fingerprint density at radius 1 is 1.17 bits per heavy atom. The zero-order chi connectivity index (χ0) is 16.4. The maximum absolute atomic E-state index is 13.7. The molecule has 116 valence electrons. The third-order valence-corrected chi connectivity index (χ3v) is 4.02. The fourth-order valence-electron chi connectivity index (χ4n) is 2.17. The van der Waals surface area contributed by atoms with Gasteiger partial charge in [0.05, 0.1) is 22.0 Å². The van der Waals surface area contributed by atoms with Crippen LogP contribution in [0.2, 0.25) is 0 Å². The van der Waals surface area contributed by atoms with Gasteiger partial charge >= 0.3 is 0 Å². The summed E-state index contributed by atoms with van der Waals surface area (Å²) in [5.41, 5.74) is 1.79. The highest BCUT2D eigenvalue weighted by molar-refractivity contribution is 7.09. The molecular formula is C17H12F2N2OS. The van der Waals surface area contributed by atoms with Crippen molar-refractivity contribution in [3.8, 4) is 11.3 Å². The molecule has 0 fully saturated rings. The fourth-order valence-corrected chi connectivity index (χ4v) is 2.78. The minimum absolute atomic E-state index is 0.212. The number of carbonyl (C=O) groups is 1. The Bertz CT molecular complexity index is 877. The van der Waals surface area contributed by atoms with Gasteiger partial charge in [0.1, 0.15) is 11.6 Å². The maximum Gasteiger partial charge on any atom is 0.258 e. The molecule has 0 aliphatic rings. The molecule has 0 aliphatic carbocycles. The summed E-state index contributed by atoms with van der Waals surface area (Å²) in [4.78, 5) is 16.6. The van der Waals surface area contributed by atoms with Crippen molar-refractivity contribution < 1.29 is 13.6 Å². The quantitative estimate of drug-likeness (QED) is 0.759. The number of halogens is 2. The first-order valence-electron chi connectivity index (χ1n) is 6.82. The van der Waals surface area contributed by atoms with Crippen LogP contribution >= 0.6 is 11.3 Å². The van der Waals surface area contributed by atoms with Crippen molar-refractivity contribution in [2.24, 2.45) is 0 Å². The smallest absolute Gasteiger partial charge is 0.258 e. The van der Waals surface area contributed by atoms with E-state index in [9.17, 15) is 13.6 Å². The van der Waals surface area contributed by atoms with E-state index in [-0.39, 0.29) is 5.56 Å². The van der Waals surface area contributed by atoms with Crippen LogP contribution < -0.4 is 5.32 Å². The van der Waals surface area contributed by atoms with Crippen molar-refractivity contribution in [1.29, 1.82) is 0 Å². The average molecular weight is 330 g/mol. The first-order valence-corrected chi connectivity index (χ1v) is 7.70. The third kappa shape index (κ3) is 3.27. The molecule has 2 aromatic carbocycles. The molecule has 3 aromatic rings. The maximum atomic E-state index is 13.7. The van der Waals surface area contributed by atoms with E-state index in [1.165, 1.54) is 11.3 Å². The van der Waals surface area contributed by atoms with Gasteiger partial charge in [-0.3, -0.25) is 4.79 Å². The second kappa shape index (κ2) is 6.26. The molecule has 3 nitrogen and oxygen atoms in total. The van der Waals surface area contributed by atoms with Crippen LogP contribution in [0.3, 0.4) is 0 Å². The molecule has 0 saturated carbocycles. The number of rotatable bonds is 3. The molecule has 0 aliphatic heterocycles. The van der Waals surface area contributed by atoms with Crippen LogP contribution in [0.5, 0.6) is 0 Å². The van der Waals surface area contributed by atoms with Crippen molar-refractivity contribution in [1.82, 2.24) is 4.98 Å². The van der Waals surface area contributed by atoms with Crippen LogP contribution in [-0.4, -0.2) is 10.9 Å².